The predicted molar refractivity (Wildman–Crippen MR) is 98.5 cm³/mol. The van der Waals surface area contributed by atoms with E-state index in [0.29, 0.717) is 18.7 Å². The summed E-state index contributed by atoms with van der Waals surface area (Å²) in [5, 5.41) is 0. The van der Waals surface area contributed by atoms with Crippen LogP contribution >= 0.6 is 0 Å². The quantitative estimate of drug-likeness (QED) is 0.793. The van der Waals surface area contributed by atoms with Gasteiger partial charge in [-0.05, 0) is 43.2 Å². The number of oxazole rings is 1. The molecule has 0 bridgehead atoms. The molecule has 0 saturated carbocycles. The van der Waals surface area contributed by atoms with E-state index >= 15 is 0 Å². The molecule has 1 spiro atoms. The van der Waals surface area contributed by atoms with Crippen molar-refractivity contribution in [1.82, 2.24) is 9.88 Å². The number of likely N-dealkylation sites (tertiary alicyclic amines) is 1. The molecule has 2 aliphatic rings. The number of hydrogen-bond acceptors (Lipinski definition) is 4. The van der Waals surface area contributed by atoms with Crippen molar-refractivity contribution in [3.05, 3.63) is 41.9 Å². The molecule has 1 amide bonds. The van der Waals surface area contributed by atoms with Crippen molar-refractivity contribution in [2.45, 2.75) is 38.5 Å². The molecular weight excluding hydrogens is 366 g/mol. The number of benzene rings is 1. The van der Waals surface area contributed by atoms with E-state index in [-0.39, 0.29) is 22.6 Å². The number of piperidine rings is 1. The molecule has 3 heterocycles. The fourth-order valence-electron chi connectivity index (χ4n) is 4.24. The number of carbonyl (C=O) groups is 1. The Balaban J connectivity index is 1.35. The first-order chi connectivity index (χ1) is 13.5. The standard InChI is InChI=1S/C21H24F2N2O3/c22-15-2-3-16(17(23)12-15)18-13-24-19(28-18)4-5-20(26)25-9-1-6-21(14-25)7-10-27-11-8-21/h2-3,12-13H,1,4-11,14H2. The number of rotatable bonds is 4. The zero-order valence-corrected chi connectivity index (χ0v) is 15.8. The molecule has 0 radical (unpaired) electrons. The zero-order valence-electron chi connectivity index (χ0n) is 15.8. The van der Waals surface area contributed by atoms with Crippen LogP contribution in [0.4, 0.5) is 8.78 Å². The van der Waals surface area contributed by atoms with E-state index in [0.717, 1.165) is 58.1 Å². The van der Waals surface area contributed by atoms with Gasteiger partial charge in [0.2, 0.25) is 5.91 Å². The van der Waals surface area contributed by atoms with Gasteiger partial charge in [0.15, 0.2) is 11.7 Å². The van der Waals surface area contributed by atoms with Crippen LogP contribution in [0.15, 0.2) is 28.8 Å². The van der Waals surface area contributed by atoms with E-state index in [2.05, 4.69) is 4.98 Å². The van der Waals surface area contributed by atoms with Gasteiger partial charge in [-0.2, -0.15) is 0 Å². The SMILES string of the molecule is O=C(CCc1ncc(-c2ccc(F)cc2F)o1)N1CCCC2(CCOCC2)C1. The third-order valence-corrected chi connectivity index (χ3v) is 5.87. The topological polar surface area (TPSA) is 55.6 Å². The van der Waals surface area contributed by atoms with E-state index < -0.39 is 11.6 Å². The van der Waals surface area contributed by atoms with E-state index in [4.69, 9.17) is 9.15 Å². The van der Waals surface area contributed by atoms with Crippen LogP contribution in [0.2, 0.25) is 0 Å². The van der Waals surface area contributed by atoms with Gasteiger partial charge in [0.25, 0.3) is 0 Å². The Morgan fingerprint density at radius 1 is 1.21 bits per heavy atom. The monoisotopic (exact) mass is 390 g/mol. The van der Waals surface area contributed by atoms with Crippen LogP contribution in [0.3, 0.4) is 0 Å². The van der Waals surface area contributed by atoms with Crippen molar-refractivity contribution in [2.24, 2.45) is 5.41 Å². The number of ether oxygens (including phenoxy) is 1. The Labute approximate surface area is 162 Å². The van der Waals surface area contributed by atoms with Gasteiger partial charge in [0, 0.05) is 45.2 Å². The summed E-state index contributed by atoms with van der Waals surface area (Å²) in [6.07, 6.45) is 6.29. The molecule has 2 fully saturated rings. The predicted octanol–water partition coefficient (Wildman–Crippen LogP) is 3.97. The summed E-state index contributed by atoms with van der Waals surface area (Å²) in [7, 11) is 0. The van der Waals surface area contributed by atoms with E-state index in [1.54, 1.807) is 0 Å². The largest absolute Gasteiger partial charge is 0.441 e. The van der Waals surface area contributed by atoms with Crippen LogP contribution in [-0.2, 0) is 16.0 Å². The summed E-state index contributed by atoms with van der Waals surface area (Å²) in [5.41, 5.74) is 0.367. The van der Waals surface area contributed by atoms with Gasteiger partial charge in [-0.1, -0.05) is 0 Å². The highest BCUT2D eigenvalue weighted by molar-refractivity contribution is 5.76. The minimum absolute atomic E-state index is 0.0956. The first-order valence-electron chi connectivity index (χ1n) is 9.80. The number of nitrogens with zero attached hydrogens (tertiary/aromatic N) is 2. The number of carbonyl (C=O) groups excluding carboxylic acids is 1. The number of aromatic nitrogens is 1. The number of hydrogen-bond donors (Lipinski definition) is 0. The Morgan fingerprint density at radius 2 is 2.04 bits per heavy atom. The molecular formula is C21H24F2N2O3. The third-order valence-electron chi connectivity index (χ3n) is 5.87. The maximum absolute atomic E-state index is 13.9. The molecule has 1 aromatic heterocycles. The van der Waals surface area contributed by atoms with Crippen molar-refractivity contribution in [2.75, 3.05) is 26.3 Å². The van der Waals surface area contributed by atoms with Gasteiger partial charge in [-0.15, -0.1) is 0 Å². The second kappa shape index (κ2) is 7.99. The Bertz CT molecular complexity index is 840. The molecule has 2 aromatic rings. The van der Waals surface area contributed by atoms with Gasteiger partial charge in [0.1, 0.15) is 11.6 Å². The summed E-state index contributed by atoms with van der Waals surface area (Å²) in [4.78, 5) is 18.8. The van der Waals surface area contributed by atoms with Gasteiger partial charge in [-0.3, -0.25) is 4.79 Å². The molecule has 4 rings (SSSR count). The van der Waals surface area contributed by atoms with Crippen LogP contribution in [0.5, 0.6) is 0 Å². The van der Waals surface area contributed by atoms with Crippen molar-refractivity contribution in [3.8, 4) is 11.3 Å². The van der Waals surface area contributed by atoms with Crippen LogP contribution in [0.1, 0.15) is 38.0 Å². The summed E-state index contributed by atoms with van der Waals surface area (Å²) in [6, 6.07) is 3.30. The lowest BCUT2D eigenvalue weighted by molar-refractivity contribution is -0.136. The Morgan fingerprint density at radius 3 is 2.82 bits per heavy atom. The smallest absolute Gasteiger partial charge is 0.223 e. The third kappa shape index (κ3) is 4.09. The summed E-state index contributed by atoms with van der Waals surface area (Å²) in [6.45, 7) is 3.15. The summed E-state index contributed by atoms with van der Waals surface area (Å²) >= 11 is 0. The molecule has 0 N–H and O–H groups in total. The van der Waals surface area contributed by atoms with Gasteiger partial charge >= 0.3 is 0 Å². The number of amides is 1. The fraction of sp³-hybridized carbons (Fsp3) is 0.524. The minimum atomic E-state index is -0.700. The maximum atomic E-state index is 13.9. The maximum Gasteiger partial charge on any atom is 0.223 e. The first kappa shape index (κ1) is 19.1. The van der Waals surface area contributed by atoms with Crippen LogP contribution < -0.4 is 0 Å². The second-order valence-corrected chi connectivity index (χ2v) is 7.77. The van der Waals surface area contributed by atoms with E-state index in [1.165, 1.54) is 18.3 Å². The molecule has 0 aliphatic carbocycles. The molecule has 2 aliphatic heterocycles. The van der Waals surface area contributed by atoms with Crippen molar-refractivity contribution < 1.29 is 22.7 Å². The summed E-state index contributed by atoms with van der Waals surface area (Å²) < 4.78 is 38.0. The average Bonchev–Trinajstić information content (AvgIpc) is 3.15. The fourth-order valence-corrected chi connectivity index (χ4v) is 4.24. The normalized spacial score (nSPS) is 19.1. The van der Waals surface area contributed by atoms with Crippen LogP contribution in [0.25, 0.3) is 11.3 Å². The van der Waals surface area contributed by atoms with Gasteiger partial charge in [0.05, 0.1) is 11.8 Å². The van der Waals surface area contributed by atoms with Crippen molar-refractivity contribution >= 4 is 5.91 Å². The van der Waals surface area contributed by atoms with Gasteiger partial charge in [-0.25, -0.2) is 13.8 Å². The minimum Gasteiger partial charge on any atom is -0.441 e. The van der Waals surface area contributed by atoms with Crippen LogP contribution in [0, 0.1) is 17.0 Å². The number of aryl methyl sites for hydroxylation is 1. The molecule has 28 heavy (non-hydrogen) atoms. The first-order valence-corrected chi connectivity index (χ1v) is 9.80. The lowest BCUT2D eigenvalue weighted by Crippen LogP contribution is -2.48. The molecule has 5 nitrogen and oxygen atoms in total. The van der Waals surface area contributed by atoms with Crippen molar-refractivity contribution in [1.29, 1.82) is 0 Å². The zero-order chi connectivity index (χ0) is 19.6. The summed E-state index contributed by atoms with van der Waals surface area (Å²) in [5.74, 6) is -0.633. The molecule has 0 atom stereocenters. The van der Waals surface area contributed by atoms with E-state index in [1.807, 2.05) is 4.90 Å². The molecule has 7 heteroatoms. The highest BCUT2D eigenvalue weighted by Crippen LogP contribution is 2.39. The highest BCUT2D eigenvalue weighted by Gasteiger charge is 2.38. The van der Waals surface area contributed by atoms with E-state index in [9.17, 15) is 13.6 Å². The lowest BCUT2D eigenvalue weighted by Gasteiger charge is -2.45. The van der Waals surface area contributed by atoms with Crippen molar-refractivity contribution in [3.63, 3.8) is 0 Å². The molecule has 150 valence electrons. The molecule has 1 aromatic carbocycles. The lowest BCUT2D eigenvalue weighted by atomic mass is 9.74. The Hall–Kier alpha value is -2.28. The second-order valence-electron chi connectivity index (χ2n) is 7.77. The molecule has 0 unspecified atom stereocenters. The van der Waals surface area contributed by atoms with Gasteiger partial charge < -0.3 is 14.1 Å². The molecule has 2 saturated heterocycles. The van der Waals surface area contributed by atoms with Crippen LogP contribution in [-0.4, -0.2) is 42.1 Å². The highest BCUT2D eigenvalue weighted by atomic mass is 19.1. The Kier molecular flexibility index (Phi) is 5.44. The average molecular weight is 390 g/mol. The number of halogens is 2.